The maximum Gasteiger partial charge on any atom is 0.254 e. The molecule has 0 radical (unpaired) electrons. The summed E-state index contributed by atoms with van der Waals surface area (Å²) in [6.45, 7) is 7.72. The van der Waals surface area contributed by atoms with Crippen LogP contribution < -0.4 is 4.72 Å². The Morgan fingerprint density at radius 3 is 2.37 bits per heavy atom. The number of nitrogens with zero attached hydrogens (tertiary/aromatic N) is 2. The quantitative estimate of drug-likeness (QED) is 0.750. The number of sulfonamides is 1. The molecule has 1 N–H and O–H groups in total. The molecule has 2 aromatic rings. The molecule has 1 saturated heterocycles. The highest BCUT2D eigenvalue weighted by atomic mass is 32.2. The number of halogens is 1. The minimum atomic E-state index is -3.35. The van der Waals surface area contributed by atoms with E-state index in [-0.39, 0.29) is 31.0 Å². The van der Waals surface area contributed by atoms with E-state index in [0.29, 0.717) is 17.8 Å². The minimum absolute atomic E-state index is 0. The zero-order chi connectivity index (χ0) is 21.9. The molecule has 0 aromatic heterocycles. The highest BCUT2D eigenvalue weighted by Crippen LogP contribution is 2.25. The molecule has 1 fully saturated rings. The lowest BCUT2D eigenvalue weighted by atomic mass is 10.0. The molecule has 2 atom stereocenters. The van der Waals surface area contributed by atoms with Gasteiger partial charge in [0.15, 0.2) is 0 Å². The second-order valence-corrected chi connectivity index (χ2v) is 9.66. The first-order valence-electron chi connectivity index (χ1n) is 10.1. The zero-order valence-electron chi connectivity index (χ0n) is 17.5. The van der Waals surface area contributed by atoms with Gasteiger partial charge in [-0.25, -0.2) is 12.8 Å². The van der Waals surface area contributed by atoms with Crippen LogP contribution in [0, 0.1) is 5.82 Å². The number of benzene rings is 2. The Hall–Kier alpha value is -2.45. The van der Waals surface area contributed by atoms with E-state index in [0.717, 1.165) is 18.7 Å². The van der Waals surface area contributed by atoms with E-state index in [1.54, 1.807) is 43.3 Å². The molecule has 8 heteroatoms. The first-order valence-corrected chi connectivity index (χ1v) is 11.8. The number of amides is 1. The molecule has 1 aliphatic heterocycles. The Morgan fingerprint density at radius 2 is 1.80 bits per heavy atom. The van der Waals surface area contributed by atoms with Crippen molar-refractivity contribution in [2.24, 2.45) is 0 Å². The summed E-state index contributed by atoms with van der Waals surface area (Å²) < 4.78 is 39.0. The molecule has 1 amide bonds. The van der Waals surface area contributed by atoms with Crippen molar-refractivity contribution >= 4 is 21.6 Å². The van der Waals surface area contributed by atoms with E-state index in [2.05, 4.69) is 16.5 Å². The van der Waals surface area contributed by atoms with Gasteiger partial charge in [-0.05, 0) is 62.7 Å². The van der Waals surface area contributed by atoms with Gasteiger partial charge >= 0.3 is 0 Å². The number of nitrogens with one attached hydrogen (secondary N) is 1. The van der Waals surface area contributed by atoms with Crippen LogP contribution in [0.2, 0.25) is 0 Å². The zero-order valence-corrected chi connectivity index (χ0v) is 18.3. The molecule has 2 aromatic carbocycles. The van der Waals surface area contributed by atoms with E-state index < -0.39 is 10.0 Å². The summed E-state index contributed by atoms with van der Waals surface area (Å²) >= 11 is 0. The van der Waals surface area contributed by atoms with Crippen LogP contribution in [-0.4, -0.2) is 55.6 Å². The van der Waals surface area contributed by atoms with Crippen molar-refractivity contribution in [3.8, 4) is 0 Å². The van der Waals surface area contributed by atoms with Crippen LogP contribution in [0.4, 0.5) is 10.1 Å². The smallest absolute Gasteiger partial charge is 0.254 e. The van der Waals surface area contributed by atoms with Gasteiger partial charge < -0.3 is 4.90 Å². The lowest BCUT2D eigenvalue weighted by molar-refractivity contribution is 0.0406. The Balaban J connectivity index is 0.00000341. The summed E-state index contributed by atoms with van der Waals surface area (Å²) in [5.74, 6) is -0.323. The van der Waals surface area contributed by atoms with Gasteiger partial charge in [-0.1, -0.05) is 12.1 Å². The third-order valence-electron chi connectivity index (χ3n) is 5.61. The lowest BCUT2D eigenvalue weighted by Gasteiger charge is -2.42. The van der Waals surface area contributed by atoms with Crippen molar-refractivity contribution in [3.05, 3.63) is 65.5 Å². The number of piperazine rings is 1. The summed E-state index contributed by atoms with van der Waals surface area (Å²) in [5, 5.41) is 0. The number of rotatable bonds is 6. The average Bonchev–Trinajstić information content (AvgIpc) is 2.73. The standard InChI is InChI=1S/C22H28FN3O3S.H2/c1-4-30(28,29)24-21-11-7-19(8-12-21)22(27)26-14-13-25(15-16(26)2)17(3)18-5-9-20(23)10-6-18;/h5-12,16-17,24H,4,13-15H2,1-3H3;1H/t16-,17?;/m1./s1. The van der Waals surface area contributed by atoms with Crippen LogP contribution in [0.15, 0.2) is 48.5 Å². The number of anilines is 1. The molecule has 6 nitrogen and oxygen atoms in total. The van der Waals surface area contributed by atoms with E-state index >= 15 is 0 Å². The van der Waals surface area contributed by atoms with Crippen molar-refractivity contribution in [2.45, 2.75) is 32.9 Å². The van der Waals surface area contributed by atoms with Gasteiger partial charge in [0, 0.05) is 44.4 Å². The van der Waals surface area contributed by atoms with E-state index in [1.807, 2.05) is 11.8 Å². The Labute approximate surface area is 179 Å². The van der Waals surface area contributed by atoms with E-state index in [4.69, 9.17) is 0 Å². The monoisotopic (exact) mass is 435 g/mol. The molecule has 164 valence electrons. The topological polar surface area (TPSA) is 69.7 Å². The van der Waals surface area contributed by atoms with Gasteiger partial charge in [0.25, 0.3) is 5.91 Å². The molecular formula is C22H30FN3O3S. The normalized spacial score (nSPS) is 18.8. The summed E-state index contributed by atoms with van der Waals surface area (Å²) in [6.07, 6.45) is 0. The summed E-state index contributed by atoms with van der Waals surface area (Å²) in [6, 6.07) is 13.2. The van der Waals surface area contributed by atoms with Gasteiger partial charge in [0.2, 0.25) is 10.0 Å². The SMILES string of the molecule is CCS(=O)(=O)Nc1ccc(C(=O)N2CCN(C(C)c3ccc(F)cc3)C[C@H]2C)cc1.[HH]. The third kappa shape index (κ3) is 5.17. The van der Waals surface area contributed by atoms with Crippen LogP contribution in [0.3, 0.4) is 0 Å². The van der Waals surface area contributed by atoms with Crippen molar-refractivity contribution in [1.82, 2.24) is 9.80 Å². The predicted octanol–water partition coefficient (Wildman–Crippen LogP) is 3.74. The molecule has 30 heavy (non-hydrogen) atoms. The Kier molecular flexibility index (Phi) is 6.77. The van der Waals surface area contributed by atoms with Crippen LogP contribution in [0.1, 0.15) is 44.2 Å². The fraction of sp³-hybridized carbons (Fsp3) is 0.409. The fourth-order valence-corrected chi connectivity index (χ4v) is 4.33. The molecule has 0 bridgehead atoms. The van der Waals surface area contributed by atoms with Crippen LogP contribution in [0.5, 0.6) is 0 Å². The third-order valence-corrected chi connectivity index (χ3v) is 6.91. The van der Waals surface area contributed by atoms with Crippen LogP contribution in [0.25, 0.3) is 0 Å². The van der Waals surface area contributed by atoms with Crippen molar-refractivity contribution in [3.63, 3.8) is 0 Å². The van der Waals surface area contributed by atoms with Crippen molar-refractivity contribution in [1.29, 1.82) is 0 Å². The molecule has 1 heterocycles. The van der Waals surface area contributed by atoms with Crippen LogP contribution >= 0.6 is 0 Å². The van der Waals surface area contributed by atoms with E-state index in [9.17, 15) is 17.6 Å². The lowest BCUT2D eigenvalue weighted by Crippen LogP contribution is -2.54. The molecule has 0 aliphatic carbocycles. The molecule has 1 aliphatic rings. The summed E-state index contributed by atoms with van der Waals surface area (Å²) in [7, 11) is -3.35. The number of carbonyl (C=O) groups is 1. The molecular weight excluding hydrogens is 405 g/mol. The highest BCUT2D eigenvalue weighted by Gasteiger charge is 2.30. The van der Waals surface area contributed by atoms with Gasteiger partial charge in [-0.3, -0.25) is 14.4 Å². The van der Waals surface area contributed by atoms with Crippen molar-refractivity contribution in [2.75, 3.05) is 30.1 Å². The second kappa shape index (κ2) is 9.14. The van der Waals surface area contributed by atoms with Gasteiger partial charge in [-0.15, -0.1) is 0 Å². The summed E-state index contributed by atoms with van der Waals surface area (Å²) in [5.41, 5.74) is 2.02. The fourth-order valence-electron chi connectivity index (χ4n) is 3.69. The molecule has 0 spiro atoms. The first kappa shape index (κ1) is 22.2. The van der Waals surface area contributed by atoms with Gasteiger partial charge in [-0.2, -0.15) is 0 Å². The average molecular weight is 436 g/mol. The van der Waals surface area contributed by atoms with E-state index in [1.165, 1.54) is 12.1 Å². The number of hydrogen-bond donors (Lipinski definition) is 1. The molecule has 1 unspecified atom stereocenters. The van der Waals surface area contributed by atoms with Crippen LogP contribution in [-0.2, 0) is 10.0 Å². The number of hydrogen-bond acceptors (Lipinski definition) is 4. The van der Waals surface area contributed by atoms with Gasteiger partial charge in [0.05, 0.1) is 5.75 Å². The summed E-state index contributed by atoms with van der Waals surface area (Å²) in [4.78, 5) is 17.1. The maximum absolute atomic E-state index is 13.2. The Morgan fingerprint density at radius 1 is 1.17 bits per heavy atom. The largest absolute Gasteiger partial charge is 0.333 e. The first-order chi connectivity index (χ1) is 14.2. The molecule has 3 rings (SSSR count). The number of carbonyl (C=O) groups excluding carboxylic acids is 1. The Bertz CT molecular complexity index is 984. The van der Waals surface area contributed by atoms with Gasteiger partial charge in [0.1, 0.15) is 5.82 Å². The highest BCUT2D eigenvalue weighted by molar-refractivity contribution is 7.92. The maximum atomic E-state index is 13.2. The van der Waals surface area contributed by atoms with Crippen molar-refractivity contribution < 1.29 is 19.0 Å². The minimum Gasteiger partial charge on any atom is -0.333 e. The molecule has 0 saturated carbocycles. The second-order valence-electron chi connectivity index (χ2n) is 7.65. The predicted molar refractivity (Wildman–Crippen MR) is 119 cm³/mol.